The Balaban J connectivity index is 1.73. The molecule has 0 unspecified atom stereocenters. The van der Waals surface area contributed by atoms with Crippen molar-refractivity contribution in [3.8, 4) is 0 Å². The highest BCUT2D eigenvalue weighted by molar-refractivity contribution is 6.00. The molecule has 0 amide bonds. The summed E-state index contributed by atoms with van der Waals surface area (Å²) in [6.45, 7) is 6.46. The van der Waals surface area contributed by atoms with Crippen LogP contribution in [0.5, 0.6) is 0 Å². The van der Waals surface area contributed by atoms with E-state index in [2.05, 4.69) is 26.0 Å². The van der Waals surface area contributed by atoms with Crippen molar-refractivity contribution >= 4 is 5.78 Å². The van der Waals surface area contributed by atoms with Crippen LogP contribution in [0, 0.1) is 11.8 Å². The van der Waals surface area contributed by atoms with Crippen LogP contribution in [0.3, 0.4) is 0 Å². The van der Waals surface area contributed by atoms with Gasteiger partial charge in [0.05, 0.1) is 6.61 Å². The lowest BCUT2D eigenvalue weighted by atomic mass is 9.74. The first-order chi connectivity index (χ1) is 11.9. The Morgan fingerprint density at radius 3 is 3.00 bits per heavy atom. The van der Waals surface area contributed by atoms with E-state index in [4.69, 9.17) is 9.84 Å². The predicted octanol–water partition coefficient (Wildman–Crippen LogP) is 3.44. The van der Waals surface area contributed by atoms with Crippen molar-refractivity contribution in [2.45, 2.75) is 71.0 Å². The monoisotopic (exact) mass is 346 g/mol. The van der Waals surface area contributed by atoms with Gasteiger partial charge in [0, 0.05) is 24.3 Å². The summed E-state index contributed by atoms with van der Waals surface area (Å²) in [5.74, 6) is 1.32. The Morgan fingerprint density at radius 2 is 2.28 bits per heavy atom. The second-order valence-electron chi connectivity index (χ2n) is 8.09. The van der Waals surface area contributed by atoms with Crippen LogP contribution in [0.15, 0.2) is 34.6 Å². The molecule has 25 heavy (non-hydrogen) atoms. The Hall–Kier alpha value is -1.39. The molecule has 0 spiro atoms. The van der Waals surface area contributed by atoms with Gasteiger partial charge in [0.15, 0.2) is 5.78 Å². The maximum atomic E-state index is 12.4. The maximum absolute atomic E-state index is 12.4. The average Bonchev–Trinajstić information content (AvgIpc) is 2.93. The van der Waals surface area contributed by atoms with Crippen molar-refractivity contribution in [3.05, 3.63) is 34.6 Å². The van der Waals surface area contributed by atoms with Gasteiger partial charge in [-0.25, -0.2) is 0 Å². The smallest absolute Gasteiger partial charge is 0.190 e. The molecule has 0 bridgehead atoms. The molecule has 3 rings (SSSR count). The molecule has 138 valence electrons. The molecule has 0 aromatic carbocycles. The van der Waals surface area contributed by atoms with E-state index < -0.39 is 6.10 Å². The maximum Gasteiger partial charge on any atom is 0.190 e. The van der Waals surface area contributed by atoms with Crippen LogP contribution in [-0.2, 0) is 9.53 Å². The first kappa shape index (κ1) is 18.4. The van der Waals surface area contributed by atoms with E-state index in [9.17, 15) is 9.90 Å². The lowest BCUT2D eigenvalue weighted by Gasteiger charge is -2.43. The van der Waals surface area contributed by atoms with E-state index in [1.807, 2.05) is 6.92 Å². The van der Waals surface area contributed by atoms with Crippen LogP contribution in [0.1, 0.15) is 59.3 Å². The van der Waals surface area contributed by atoms with Gasteiger partial charge in [-0.3, -0.25) is 4.79 Å². The van der Waals surface area contributed by atoms with Crippen molar-refractivity contribution < 1.29 is 19.7 Å². The molecule has 0 radical (unpaired) electrons. The predicted molar refractivity (Wildman–Crippen MR) is 96.8 cm³/mol. The number of hydrogen-bond donors (Lipinski definition) is 2. The minimum atomic E-state index is -0.857. The van der Waals surface area contributed by atoms with Crippen molar-refractivity contribution in [1.82, 2.24) is 0 Å². The largest absolute Gasteiger partial charge is 0.491 e. The molecule has 0 aromatic heterocycles. The number of rotatable bonds is 5. The summed E-state index contributed by atoms with van der Waals surface area (Å²) in [5, 5.41) is 19.0. The van der Waals surface area contributed by atoms with Crippen molar-refractivity contribution in [2.24, 2.45) is 11.8 Å². The number of fused-ring (bicyclic) bond motifs is 1. The standard InChI is InChI=1S/C21H30O4/c1-13(12-22)5-4-6-14(2)15-9-10-21(3)17(15)11-16-19(25-21)8-7-18(23)20(16)24/h5,9,14,17-18,22-23H,4,6-8,10-12H2,1-3H3/b13-5+/t14-,17-,18+,21-/m1/s1. The number of carbonyl (C=O) groups is 1. The summed E-state index contributed by atoms with van der Waals surface area (Å²) < 4.78 is 6.31. The SMILES string of the molecule is C/C(=C\CC[C@@H](C)C1=CC[C@@]2(C)OC3=C(C[C@H]12)C(=O)[C@@H](O)CC3)CO. The fourth-order valence-corrected chi connectivity index (χ4v) is 4.46. The molecule has 0 aromatic rings. The highest BCUT2D eigenvalue weighted by atomic mass is 16.5. The van der Waals surface area contributed by atoms with Gasteiger partial charge in [-0.2, -0.15) is 0 Å². The van der Waals surface area contributed by atoms with Gasteiger partial charge in [-0.05, 0) is 45.4 Å². The number of carbonyl (C=O) groups excluding carboxylic acids is 1. The summed E-state index contributed by atoms with van der Waals surface area (Å²) in [7, 11) is 0. The number of aliphatic hydroxyl groups is 2. The summed E-state index contributed by atoms with van der Waals surface area (Å²) in [6, 6.07) is 0. The highest BCUT2D eigenvalue weighted by Gasteiger charge is 2.49. The van der Waals surface area contributed by atoms with Gasteiger partial charge in [0.1, 0.15) is 17.5 Å². The number of allylic oxidation sites excluding steroid dienone is 2. The minimum Gasteiger partial charge on any atom is -0.491 e. The Morgan fingerprint density at radius 1 is 1.52 bits per heavy atom. The molecule has 0 saturated heterocycles. The number of Topliss-reactive ketones (excluding diaryl/α,β-unsaturated/α-hetero) is 1. The molecule has 4 atom stereocenters. The number of ether oxygens (including phenoxy) is 1. The molecule has 0 fully saturated rings. The first-order valence-corrected chi connectivity index (χ1v) is 9.45. The van der Waals surface area contributed by atoms with E-state index in [1.165, 1.54) is 5.57 Å². The van der Waals surface area contributed by atoms with Crippen molar-refractivity contribution in [2.75, 3.05) is 6.61 Å². The molecule has 1 aliphatic heterocycles. The lowest BCUT2D eigenvalue weighted by molar-refractivity contribution is -0.127. The Kier molecular flexibility index (Phi) is 5.21. The molecule has 3 aliphatic rings. The molecular weight excluding hydrogens is 316 g/mol. The molecule has 4 nitrogen and oxygen atoms in total. The minimum absolute atomic E-state index is 0.118. The van der Waals surface area contributed by atoms with Gasteiger partial charge >= 0.3 is 0 Å². The molecule has 2 N–H and O–H groups in total. The number of ketones is 1. The topological polar surface area (TPSA) is 66.8 Å². The van der Waals surface area contributed by atoms with Gasteiger partial charge < -0.3 is 14.9 Å². The third kappa shape index (κ3) is 3.47. The summed E-state index contributed by atoms with van der Waals surface area (Å²) in [4.78, 5) is 12.4. The number of hydrogen-bond acceptors (Lipinski definition) is 4. The molecule has 1 heterocycles. The first-order valence-electron chi connectivity index (χ1n) is 9.45. The van der Waals surface area contributed by atoms with Crippen LogP contribution >= 0.6 is 0 Å². The van der Waals surface area contributed by atoms with Gasteiger partial charge in [-0.1, -0.05) is 30.2 Å². The van der Waals surface area contributed by atoms with Crippen LogP contribution in [0.4, 0.5) is 0 Å². The second-order valence-corrected chi connectivity index (χ2v) is 8.09. The zero-order valence-corrected chi connectivity index (χ0v) is 15.5. The van der Waals surface area contributed by atoms with E-state index in [1.54, 1.807) is 0 Å². The van der Waals surface area contributed by atoms with Crippen LogP contribution in [0.25, 0.3) is 0 Å². The Labute approximate surface area is 150 Å². The Bertz CT molecular complexity index is 642. The van der Waals surface area contributed by atoms with Crippen LogP contribution in [0.2, 0.25) is 0 Å². The van der Waals surface area contributed by atoms with Gasteiger partial charge in [0.2, 0.25) is 0 Å². The zero-order chi connectivity index (χ0) is 18.2. The normalized spacial score (nSPS) is 33.6. The van der Waals surface area contributed by atoms with Crippen LogP contribution in [-0.4, -0.2) is 34.3 Å². The zero-order valence-electron chi connectivity index (χ0n) is 15.5. The van der Waals surface area contributed by atoms with E-state index >= 15 is 0 Å². The van der Waals surface area contributed by atoms with Crippen molar-refractivity contribution in [1.29, 1.82) is 0 Å². The molecule has 2 aliphatic carbocycles. The average molecular weight is 346 g/mol. The fourth-order valence-electron chi connectivity index (χ4n) is 4.46. The molecule has 4 heteroatoms. The third-order valence-corrected chi connectivity index (χ3v) is 6.14. The van der Waals surface area contributed by atoms with Gasteiger partial charge in [0.25, 0.3) is 0 Å². The van der Waals surface area contributed by atoms with E-state index in [0.29, 0.717) is 25.2 Å². The van der Waals surface area contributed by atoms with Gasteiger partial charge in [-0.15, -0.1) is 0 Å². The fraction of sp³-hybridized carbons (Fsp3) is 0.667. The highest BCUT2D eigenvalue weighted by Crippen LogP contribution is 2.51. The summed E-state index contributed by atoms with van der Waals surface area (Å²) in [6.07, 6.45) is 8.25. The van der Waals surface area contributed by atoms with E-state index in [0.717, 1.165) is 36.2 Å². The second kappa shape index (κ2) is 7.08. The lowest BCUT2D eigenvalue weighted by Crippen LogP contribution is -2.43. The van der Waals surface area contributed by atoms with Crippen molar-refractivity contribution in [3.63, 3.8) is 0 Å². The summed E-state index contributed by atoms with van der Waals surface area (Å²) >= 11 is 0. The number of aliphatic hydroxyl groups excluding tert-OH is 2. The van der Waals surface area contributed by atoms with Crippen LogP contribution < -0.4 is 0 Å². The molecular formula is C21H30O4. The van der Waals surface area contributed by atoms with E-state index in [-0.39, 0.29) is 23.9 Å². The third-order valence-electron chi connectivity index (χ3n) is 6.14. The molecule has 0 saturated carbocycles. The quantitative estimate of drug-likeness (QED) is 0.748. The summed E-state index contributed by atoms with van der Waals surface area (Å²) in [5.41, 5.74) is 2.87.